The van der Waals surface area contributed by atoms with Gasteiger partial charge in [0.15, 0.2) is 4.96 Å². The SMILES string of the molecule is Cc1ccc(-c2cn3c(n2)sc2cc(C(=O)NC[C@@H]4CCNC4)ccc23)cc1.O=CO. The fourth-order valence-corrected chi connectivity index (χ4v) is 4.78. The Balaban J connectivity index is 0.000000730. The molecule has 1 aliphatic rings. The summed E-state index contributed by atoms with van der Waals surface area (Å²) in [4.78, 5) is 26.6. The summed E-state index contributed by atoms with van der Waals surface area (Å²) in [6.45, 7) is 4.61. The molecule has 3 N–H and O–H groups in total. The van der Waals surface area contributed by atoms with Crippen LogP contribution in [0.2, 0.25) is 0 Å². The van der Waals surface area contributed by atoms with Crippen molar-refractivity contribution in [1.29, 1.82) is 0 Å². The number of carbonyl (C=O) groups is 2. The van der Waals surface area contributed by atoms with E-state index in [1.165, 1.54) is 5.56 Å². The zero-order valence-corrected chi connectivity index (χ0v) is 18.0. The molecular weight excluding hydrogens is 412 g/mol. The van der Waals surface area contributed by atoms with Crippen molar-refractivity contribution in [2.24, 2.45) is 5.92 Å². The van der Waals surface area contributed by atoms with Crippen molar-refractivity contribution in [2.75, 3.05) is 19.6 Å². The zero-order valence-electron chi connectivity index (χ0n) is 17.2. The highest BCUT2D eigenvalue weighted by Crippen LogP contribution is 2.30. The van der Waals surface area contributed by atoms with E-state index in [1.54, 1.807) is 11.3 Å². The monoisotopic (exact) mass is 436 g/mol. The fourth-order valence-electron chi connectivity index (χ4n) is 3.73. The Morgan fingerprint density at radius 3 is 2.81 bits per heavy atom. The maximum atomic E-state index is 12.5. The fraction of sp³-hybridized carbons (Fsp3) is 0.261. The minimum atomic E-state index is -0.250. The quantitative estimate of drug-likeness (QED) is 0.425. The van der Waals surface area contributed by atoms with Crippen LogP contribution in [0.15, 0.2) is 48.7 Å². The number of hydrogen-bond donors (Lipinski definition) is 3. The Morgan fingerprint density at radius 2 is 2.10 bits per heavy atom. The van der Waals surface area contributed by atoms with E-state index in [0.717, 1.165) is 52.5 Å². The first-order chi connectivity index (χ1) is 15.1. The molecular formula is C23H24N4O3S. The molecule has 0 bridgehead atoms. The number of aromatic nitrogens is 2. The highest BCUT2D eigenvalue weighted by Gasteiger charge is 2.17. The summed E-state index contributed by atoms with van der Waals surface area (Å²) in [5.74, 6) is 0.540. The van der Waals surface area contributed by atoms with Crippen molar-refractivity contribution < 1.29 is 14.7 Å². The van der Waals surface area contributed by atoms with E-state index in [1.807, 2.05) is 18.2 Å². The Bertz CT molecular complexity index is 1210. The third-order valence-corrected chi connectivity index (χ3v) is 6.43. The van der Waals surface area contributed by atoms with Gasteiger partial charge < -0.3 is 15.7 Å². The predicted octanol–water partition coefficient (Wildman–Crippen LogP) is 3.56. The first-order valence-electron chi connectivity index (χ1n) is 10.1. The molecule has 160 valence electrons. The predicted molar refractivity (Wildman–Crippen MR) is 123 cm³/mol. The first-order valence-corrected chi connectivity index (χ1v) is 11.0. The number of aryl methyl sites for hydroxylation is 1. The second-order valence-corrected chi connectivity index (χ2v) is 8.61. The van der Waals surface area contributed by atoms with Crippen LogP contribution in [0, 0.1) is 12.8 Å². The minimum absolute atomic E-state index is 0.000171. The van der Waals surface area contributed by atoms with Crippen molar-refractivity contribution in [2.45, 2.75) is 13.3 Å². The van der Waals surface area contributed by atoms with Crippen molar-refractivity contribution in [3.63, 3.8) is 0 Å². The van der Waals surface area contributed by atoms with E-state index < -0.39 is 0 Å². The van der Waals surface area contributed by atoms with Crippen LogP contribution in [-0.2, 0) is 4.79 Å². The molecule has 7 nitrogen and oxygen atoms in total. The lowest BCUT2D eigenvalue weighted by Crippen LogP contribution is -2.30. The molecule has 1 atom stereocenters. The zero-order chi connectivity index (χ0) is 21.8. The number of hydrogen-bond acceptors (Lipinski definition) is 5. The molecule has 1 saturated heterocycles. The lowest BCUT2D eigenvalue weighted by molar-refractivity contribution is -0.122. The lowest BCUT2D eigenvalue weighted by atomic mass is 10.1. The molecule has 3 heterocycles. The molecule has 2 aromatic carbocycles. The molecule has 1 amide bonds. The molecule has 8 heteroatoms. The van der Waals surface area contributed by atoms with Crippen molar-refractivity contribution in [3.05, 3.63) is 59.8 Å². The number of thiazole rings is 1. The van der Waals surface area contributed by atoms with Gasteiger partial charge in [0.1, 0.15) is 0 Å². The van der Waals surface area contributed by atoms with Crippen LogP contribution >= 0.6 is 11.3 Å². The van der Waals surface area contributed by atoms with Crippen LogP contribution in [-0.4, -0.2) is 46.5 Å². The number of imidazole rings is 1. The summed E-state index contributed by atoms with van der Waals surface area (Å²) in [6.07, 6.45) is 3.20. The van der Waals surface area contributed by atoms with E-state index in [2.05, 4.69) is 52.4 Å². The Hall–Kier alpha value is -3.23. The molecule has 0 saturated carbocycles. The van der Waals surface area contributed by atoms with Gasteiger partial charge in [0, 0.05) is 23.9 Å². The molecule has 0 radical (unpaired) electrons. The van der Waals surface area contributed by atoms with Gasteiger partial charge in [-0.3, -0.25) is 14.0 Å². The highest BCUT2D eigenvalue weighted by molar-refractivity contribution is 7.23. The third-order valence-electron chi connectivity index (χ3n) is 5.42. The molecule has 5 rings (SSSR count). The third kappa shape index (κ3) is 4.60. The lowest BCUT2D eigenvalue weighted by Gasteiger charge is -2.10. The van der Waals surface area contributed by atoms with Gasteiger partial charge in [-0.25, -0.2) is 4.98 Å². The summed E-state index contributed by atoms with van der Waals surface area (Å²) in [5, 5.41) is 13.3. The molecule has 1 fully saturated rings. The van der Waals surface area contributed by atoms with Crippen LogP contribution in [0.4, 0.5) is 0 Å². The summed E-state index contributed by atoms with van der Waals surface area (Å²) >= 11 is 1.62. The number of fused-ring (bicyclic) bond motifs is 3. The number of nitrogens with one attached hydrogen (secondary N) is 2. The maximum Gasteiger partial charge on any atom is 0.290 e. The Kier molecular flexibility index (Phi) is 6.29. The van der Waals surface area contributed by atoms with Gasteiger partial charge in [-0.05, 0) is 50.6 Å². The minimum Gasteiger partial charge on any atom is -0.483 e. The maximum absolute atomic E-state index is 12.5. The molecule has 1 aliphatic heterocycles. The molecule has 4 aromatic rings. The van der Waals surface area contributed by atoms with Crippen molar-refractivity contribution in [1.82, 2.24) is 20.0 Å². The van der Waals surface area contributed by atoms with Crippen LogP contribution in [0.1, 0.15) is 22.3 Å². The smallest absolute Gasteiger partial charge is 0.290 e. The van der Waals surface area contributed by atoms with E-state index in [-0.39, 0.29) is 12.4 Å². The number of carbonyl (C=O) groups excluding carboxylic acids is 1. The van der Waals surface area contributed by atoms with Crippen LogP contribution in [0.5, 0.6) is 0 Å². The average Bonchev–Trinajstić information content (AvgIpc) is 3.49. The topological polar surface area (TPSA) is 95.7 Å². The first kappa shape index (κ1) is 21.0. The number of carboxylic acid groups (broad SMARTS) is 1. The van der Waals surface area contributed by atoms with Gasteiger partial charge in [-0.2, -0.15) is 0 Å². The number of benzene rings is 2. The van der Waals surface area contributed by atoms with Gasteiger partial charge in [-0.1, -0.05) is 41.2 Å². The molecule has 2 aromatic heterocycles. The summed E-state index contributed by atoms with van der Waals surface area (Å²) < 4.78 is 3.19. The van der Waals surface area contributed by atoms with Crippen LogP contribution in [0.3, 0.4) is 0 Å². The van der Waals surface area contributed by atoms with E-state index in [9.17, 15) is 4.79 Å². The van der Waals surface area contributed by atoms with Crippen molar-refractivity contribution in [3.8, 4) is 11.3 Å². The second kappa shape index (κ2) is 9.28. The van der Waals surface area contributed by atoms with E-state index in [4.69, 9.17) is 14.9 Å². The largest absolute Gasteiger partial charge is 0.483 e. The van der Waals surface area contributed by atoms with E-state index >= 15 is 0 Å². The van der Waals surface area contributed by atoms with Crippen LogP contribution < -0.4 is 10.6 Å². The van der Waals surface area contributed by atoms with Gasteiger partial charge >= 0.3 is 0 Å². The van der Waals surface area contributed by atoms with Gasteiger partial charge in [-0.15, -0.1) is 0 Å². The number of rotatable bonds is 4. The molecule has 0 unspecified atom stereocenters. The molecule has 31 heavy (non-hydrogen) atoms. The van der Waals surface area contributed by atoms with E-state index in [0.29, 0.717) is 11.5 Å². The van der Waals surface area contributed by atoms with Gasteiger partial charge in [0.25, 0.3) is 12.4 Å². The molecule has 0 aliphatic carbocycles. The Labute approximate surface area is 183 Å². The second-order valence-electron chi connectivity index (χ2n) is 7.60. The number of nitrogens with zero attached hydrogens (tertiary/aromatic N) is 2. The standard InChI is InChI=1S/C22H22N4OS.CH2O2/c1-14-2-4-16(5-3-14)18-13-26-19-7-6-17(10-20(19)28-22(26)25-18)21(27)24-12-15-8-9-23-11-15;2-1-3/h2-7,10,13,15,23H,8-9,11-12H2,1H3,(H,24,27);1H,(H,2,3)/t15-;/m1./s1. The van der Waals surface area contributed by atoms with Crippen LogP contribution in [0.25, 0.3) is 26.4 Å². The summed E-state index contributed by atoms with van der Waals surface area (Å²) in [5.41, 5.74) is 5.13. The Morgan fingerprint density at radius 1 is 1.32 bits per heavy atom. The highest BCUT2D eigenvalue weighted by atomic mass is 32.1. The number of amides is 1. The average molecular weight is 437 g/mol. The van der Waals surface area contributed by atoms with Gasteiger partial charge in [0.2, 0.25) is 0 Å². The summed E-state index contributed by atoms with van der Waals surface area (Å²) in [7, 11) is 0. The summed E-state index contributed by atoms with van der Waals surface area (Å²) in [6, 6.07) is 14.3. The normalized spacial score (nSPS) is 15.6. The molecule has 0 spiro atoms. The van der Waals surface area contributed by atoms with Gasteiger partial charge in [0.05, 0.1) is 15.9 Å². The van der Waals surface area contributed by atoms with Crippen molar-refractivity contribution >= 4 is 38.9 Å².